The third kappa shape index (κ3) is 6.76. The van der Waals surface area contributed by atoms with Crippen LogP contribution < -0.4 is 5.32 Å². The summed E-state index contributed by atoms with van der Waals surface area (Å²) in [6.07, 6.45) is 5.86. The zero-order valence-corrected chi connectivity index (χ0v) is 19.6. The quantitative estimate of drug-likeness (QED) is 0.269. The average Bonchev–Trinajstić information content (AvgIpc) is 3.10. The molecule has 180 valence electrons. The van der Waals surface area contributed by atoms with Gasteiger partial charge in [-0.3, -0.25) is 24.1 Å². The second kappa shape index (κ2) is 12.7. The first-order chi connectivity index (χ1) is 16.5. The number of imide groups is 1. The van der Waals surface area contributed by atoms with Crippen LogP contribution in [0.3, 0.4) is 0 Å². The highest BCUT2D eigenvalue weighted by Crippen LogP contribution is 2.23. The number of methoxy groups -OCH3 is 1. The summed E-state index contributed by atoms with van der Waals surface area (Å²) in [5.41, 5.74) is 1.86. The molecular formula is C27H32N2O5. The Hall–Kier alpha value is -3.48. The summed E-state index contributed by atoms with van der Waals surface area (Å²) < 4.78 is 4.76. The van der Waals surface area contributed by atoms with E-state index in [2.05, 4.69) is 5.32 Å². The Morgan fingerprint density at radius 2 is 1.38 bits per heavy atom. The molecule has 34 heavy (non-hydrogen) atoms. The molecule has 0 radical (unpaired) electrons. The van der Waals surface area contributed by atoms with Crippen molar-refractivity contribution in [2.45, 2.75) is 57.4 Å². The van der Waals surface area contributed by atoms with E-state index < -0.39 is 6.04 Å². The van der Waals surface area contributed by atoms with Crippen molar-refractivity contribution >= 4 is 23.7 Å². The summed E-state index contributed by atoms with van der Waals surface area (Å²) in [6, 6.07) is 15.9. The number of fused-ring (bicyclic) bond motifs is 1. The molecule has 0 fully saturated rings. The number of carbonyl (C=O) groups is 4. The molecular weight excluding hydrogens is 432 g/mol. The highest BCUT2D eigenvalue weighted by Gasteiger charge is 2.34. The Morgan fingerprint density at radius 1 is 0.824 bits per heavy atom. The summed E-state index contributed by atoms with van der Waals surface area (Å²) in [6.45, 7) is 0.440. The van der Waals surface area contributed by atoms with Crippen molar-refractivity contribution in [3.05, 3.63) is 71.3 Å². The van der Waals surface area contributed by atoms with Crippen molar-refractivity contribution in [2.75, 3.05) is 13.7 Å². The van der Waals surface area contributed by atoms with Crippen LogP contribution in [0.25, 0.3) is 0 Å². The number of amides is 3. The summed E-state index contributed by atoms with van der Waals surface area (Å²) in [5.74, 6) is -0.848. The molecule has 1 aliphatic rings. The molecule has 2 aromatic rings. The average molecular weight is 465 g/mol. The van der Waals surface area contributed by atoms with Gasteiger partial charge in [-0.2, -0.15) is 0 Å². The Morgan fingerprint density at radius 3 is 2.00 bits per heavy atom. The molecule has 1 unspecified atom stereocenters. The second-order valence-electron chi connectivity index (χ2n) is 8.49. The molecule has 1 N–H and O–H groups in total. The highest BCUT2D eigenvalue weighted by molar-refractivity contribution is 6.21. The number of hydrogen-bond acceptors (Lipinski definition) is 5. The van der Waals surface area contributed by atoms with E-state index in [-0.39, 0.29) is 30.1 Å². The number of carbonyl (C=O) groups excluding carboxylic acids is 4. The van der Waals surface area contributed by atoms with Gasteiger partial charge in [-0.25, -0.2) is 0 Å². The number of unbranched alkanes of at least 4 members (excludes halogenated alkanes) is 5. The number of hydrogen-bond donors (Lipinski definition) is 1. The molecule has 0 aliphatic carbocycles. The minimum absolute atomic E-state index is 0.0802. The van der Waals surface area contributed by atoms with Crippen LogP contribution in [0.2, 0.25) is 0 Å². The van der Waals surface area contributed by atoms with Crippen LogP contribution in [0.4, 0.5) is 0 Å². The normalized spacial score (nSPS) is 13.5. The van der Waals surface area contributed by atoms with Crippen LogP contribution >= 0.6 is 0 Å². The lowest BCUT2D eigenvalue weighted by Crippen LogP contribution is -2.30. The Labute approximate surface area is 200 Å². The lowest BCUT2D eigenvalue weighted by molar-refractivity contribution is -0.141. The lowest BCUT2D eigenvalue weighted by Gasteiger charge is -2.18. The van der Waals surface area contributed by atoms with E-state index in [9.17, 15) is 19.2 Å². The van der Waals surface area contributed by atoms with Gasteiger partial charge in [0.15, 0.2) is 0 Å². The predicted molar refractivity (Wildman–Crippen MR) is 128 cm³/mol. The zero-order chi connectivity index (χ0) is 24.3. The van der Waals surface area contributed by atoms with Gasteiger partial charge in [0.1, 0.15) is 0 Å². The Balaban J connectivity index is 1.30. The fourth-order valence-corrected chi connectivity index (χ4v) is 4.16. The Kier molecular flexibility index (Phi) is 9.38. The van der Waals surface area contributed by atoms with Gasteiger partial charge in [0.25, 0.3) is 11.8 Å². The molecule has 0 bridgehead atoms. The van der Waals surface area contributed by atoms with Crippen LogP contribution in [-0.4, -0.2) is 42.2 Å². The van der Waals surface area contributed by atoms with Gasteiger partial charge in [-0.15, -0.1) is 0 Å². The van der Waals surface area contributed by atoms with E-state index >= 15 is 0 Å². The maximum absolute atomic E-state index is 12.4. The van der Waals surface area contributed by atoms with E-state index in [0.717, 1.165) is 44.1 Å². The van der Waals surface area contributed by atoms with Crippen LogP contribution in [-0.2, 0) is 14.3 Å². The maximum Gasteiger partial charge on any atom is 0.307 e. The fourth-order valence-electron chi connectivity index (χ4n) is 4.16. The molecule has 0 saturated carbocycles. The fraction of sp³-hybridized carbons (Fsp3) is 0.407. The van der Waals surface area contributed by atoms with Crippen LogP contribution in [0.1, 0.15) is 83.7 Å². The number of esters is 1. The first-order valence-corrected chi connectivity index (χ1v) is 11.9. The maximum atomic E-state index is 12.4. The second-order valence-corrected chi connectivity index (χ2v) is 8.49. The van der Waals surface area contributed by atoms with Gasteiger partial charge >= 0.3 is 5.97 Å². The van der Waals surface area contributed by atoms with E-state index in [1.165, 1.54) is 12.0 Å². The SMILES string of the molecule is COC(=O)CC(NC(=O)CCCCCCCCN1C(=O)c2ccccc2C1=O)c1ccccc1. The van der Waals surface area contributed by atoms with Crippen molar-refractivity contribution in [2.24, 2.45) is 0 Å². The van der Waals surface area contributed by atoms with Crippen molar-refractivity contribution in [3.8, 4) is 0 Å². The summed E-state index contributed by atoms with van der Waals surface area (Å²) >= 11 is 0. The standard InChI is InChI=1S/C27H32N2O5/c1-34-25(31)19-23(20-13-7-6-8-14-20)28-24(30)17-9-4-2-3-5-12-18-29-26(32)21-15-10-11-16-22(21)27(29)33/h6-8,10-11,13-16,23H,2-5,9,12,17-19H2,1H3,(H,28,30). The zero-order valence-electron chi connectivity index (χ0n) is 19.6. The highest BCUT2D eigenvalue weighted by atomic mass is 16.5. The largest absolute Gasteiger partial charge is 0.469 e. The molecule has 7 heteroatoms. The molecule has 0 saturated heterocycles. The first-order valence-electron chi connectivity index (χ1n) is 11.9. The molecule has 1 atom stereocenters. The van der Waals surface area contributed by atoms with Gasteiger partial charge in [0.05, 0.1) is 30.7 Å². The molecule has 1 heterocycles. The van der Waals surface area contributed by atoms with Gasteiger partial charge in [0.2, 0.25) is 5.91 Å². The van der Waals surface area contributed by atoms with Crippen molar-refractivity contribution < 1.29 is 23.9 Å². The lowest BCUT2D eigenvalue weighted by atomic mass is 10.0. The topological polar surface area (TPSA) is 92.8 Å². The van der Waals surface area contributed by atoms with E-state index in [1.807, 2.05) is 30.3 Å². The van der Waals surface area contributed by atoms with Gasteiger partial charge < -0.3 is 10.1 Å². The summed E-state index contributed by atoms with van der Waals surface area (Å²) in [5, 5.41) is 2.95. The van der Waals surface area contributed by atoms with Crippen LogP contribution in [0.15, 0.2) is 54.6 Å². The van der Waals surface area contributed by atoms with Gasteiger partial charge in [-0.05, 0) is 30.5 Å². The molecule has 0 spiro atoms. The molecule has 3 rings (SSSR count). The van der Waals surface area contributed by atoms with Gasteiger partial charge in [-0.1, -0.05) is 68.1 Å². The molecule has 0 aromatic heterocycles. The molecule has 3 amide bonds. The van der Waals surface area contributed by atoms with Crippen molar-refractivity contribution in [3.63, 3.8) is 0 Å². The summed E-state index contributed by atoms with van der Waals surface area (Å²) in [4.78, 5) is 50.2. The monoisotopic (exact) mass is 464 g/mol. The van der Waals surface area contributed by atoms with Crippen molar-refractivity contribution in [1.29, 1.82) is 0 Å². The van der Waals surface area contributed by atoms with Gasteiger partial charge in [0, 0.05) is 13.0 Å². The third-order valence-corrected chi connectivity index (χ3v) is 6.05. The summed E-state index contributed by atoms with van der Waals surface area (Å²) in [7, 11) is 1.34. The first kappa shape index (κ1) is 25.1. The van der Waals surface area contributed by atoms with Crippen LogP contribution in [0, 0.1) is 0 Å². The third-order valence-electron chi connectivity index (χ3n) is 6.05. The van der Waals surface area contributed by atoms with Crippen LogP contribution in [0.5, 0.6) is 0 Å². The smallest absolute Gasteiger partial charge is 0.307 e. The number of nitrogens with one attached hydrogen (secondary N) is 1. The van der Waals surface area contributed by atoms with E-state index in [0.29, 0.717) is 24.1 Å². The molecule has 2 aromatic carbocycles. The Bertz CT molecular complexity index is 970. The van der Waals surface area contributed by atoms with E-state index in [1.54, 1.807) is 24.3 Å². The number of rotatable bonds is 13. The van der Waals surface area contributed by atoms with Crippen molar-refractivity contribution in [1.82, 2.24) is 10.2 Å². The molecule has 7 nitrogen and oxygen atoms in total. The van der Waals surface area contributed by atoms with E-state index in [4.69, 9.17) is 4.74 Å². The minimum Gasteiger partial charge on any atom is -0.469 e. The molecule has 1 aliphatic heterocycles. The number of nitrogens with zero attached hydrogens (tertiary/aromatic N) is 1. The number of ether oxygens (including phenoxy) is 1. The minimum atomic E-state index is -0.400. The predicted octanol–water partition coefficient (Wildman–Crippen LogP) is 4.43. The number of benzene rings is 2.